The predicted molar refractivity (Wildman–Crippen MR) is 370 cm³/mol. The number of amidine groups is 1. The zero-order valence-corrected chi connectivity index (χ0v) is 55.9. The van der Waals surface area contributed by atoms with E-state index in [9.17, 15) is 0 Å². The van der Waals surface area contributed by atoms with Gasteiger partial charge in [0, 0.05) is 94.6 Å². The summed E-state index contributed by atoms with van der Waals surface area (Å²) >= 11 is 6.99. The average molecular weight is 1210 g/mol. The molecule has 15 heteroatoms. The number of hydrogen-bond acceptors (Lipinski definition) is 12. The molecule has 13 nitrogen and oxygen atoms in total. The van der Waals surface area contributed by atoms with E-state index in [1.54, 1.807) is 17.5 Å². The molecule has 0 amide bonds. The first-order valence-corrected chi connectivity index (χ1v) is 32.0. The van der Waals surface area contributed by atoms with Gasteiger partial charge in [0.25, 0.3) is 0 Å². The topological polar surface area (TPSA) is 159 Å². The number of azo groups is 1. The molecule has 88 heavy (non-hydrogen) atoms. The van der Waals surface area contributed by atoms with Crippen molar-refractivity contribution >= 4 is 62.5 Å². The molecule has 8 heterocycles. The molecule has 0 saturated carbocycles. The molecular formula is C73H88N12OS2. The second-order valence-electron chi connectivity index (χ2n) is 24.6. The Morgan fingerprint density at radius 3 is 2.02 bits per heavy atom. The normalized spacial score (nSPS) is 14.0. The molecule has 0 aliphatic carbocycles. The van der Waals surface area contributed by atoms with Crippen molar-refractivity contribution in [3.63, 3.8) is 0 Å². The Morgan fingerprint density at radius 1 is 0.739 bits per heavy atom. The van der Waals surface area contributed by atoms with E-state index in [2.05, 4.69) is 227 Å². The molecule has 4 aliphatic heterocycles. The molecule has 0 spiro atoms. The summed E-state index contributed by atoms with van der Waals surface area (Å²) in [6.07, 6.45) is 8.84. The fourth-order valence-corrected chi connectivity index (χ4v) is 12.0. The molecule has 0 bridgehead atoms. The predicted octanol–water partition coefficient (Wildman–Crippen LogP) is 18.6. The Morgan fingerprint density at radius 2 is 1.47 bits per heavy atom. The molecule has 4 aromatic heterocycles. The molecule has 1 fully saturated rings. The van der Waals surface area contributed by atoms with E-state index in [1.165, 1.54) is 78.5 Å². The van der Waals surface area contributed by atoms with E-state index in [1.807, 2.05) is 67.0 Å². The second kappa shape index (κ2) is 31.5. The molecular weight excluding hydrogens is 1130 g/mol. The van der Waals surface area contributed by atoms with Crippen LogP contribution in [0.3, 0.4) is 0 Å². The fourth-order valence-electron chi connectivity index (χ4n) is 10.7. The number of fused-ring (bicyclic) bond motifs is 2. The summed E-state index contributed by atoms with van der Waals surface area (Å²) in [6.45, 7) is 37.3. The maximum atomic E-state index is 9.02. The number of nitrogens with one attached hydrogen (secondary N) is 1. The lowest BCUT2D eigenvalue weighted by Crippen LogP contribution is -2.40. The number of aromatic nitrogens is 3. The molecule has 12 rings (SSSR count). The number of nitriles is 2. The first-order valence-electron chi connectivity index (χ1n) is 30.8. The SMILES string of the molecule is CC(C)(C)N1CCc2c(C#N)cccc21.CC(C)c1ccc(-c2cnco2)s1.CC(C)c1ccc(N2CCNC2=S)cc1.CC(C)c1cccc(C2=NCN=N2)c1.CC1=C(C(C)C)CC(c2ccncc2)=N1.CCn1c(C(C)C)cc2cc(C#N)ccc21. The van der Waals surface area contributed by atoms with Gasteiger partial charge in [0.2, 0.25) is 0 Å². The van der Waals surface area contributed by atoms with Gasteiger partial charge in [-0.05, 0) is 190 Å². The number of aryl methyl sites for hydroxylation is 1. The van der Waals surface area contributed by atoms with Gasteiger partial charge in [-0.15, -0.1) is 16.5 Å². The number of allylic oxidation sites excluding steroid dienone is 2. The van der Waals surface area contributed by atoms with Crippen molar-refractivity contribution in [2.24, 2.45) is 26.1 Å². The molecule has 1 saturated heterocycles. The Balaban J connectivity index is 0.000000151. The summed E-state index contributed by atoms with van der Waals surface area (Å²) < 4.78 is 7.53. The van der Waals surface area contributed by atoms with E-state index in [4.69, 9.17) is 27.2 Å². The van der Waals surface area contributed by atoms with Crippen LogP contribution >= 0.6 is 23.6 Å². The van der Waals surface area contributed by atoms with Crippen LogP contribution in [0, 0.1) is 28.6 Å². The number of nitrogens with zero attached hydrogens (tertiary/aromatic N) is 11. The molecule has 0 unspecified atom stereocenters. The minimum atomic E-state index is 0.138. The van der Waals surface area contributed by atoms with Gasteiger partial charge in [0.1, 0.15) is 0 Å². The third kappa shape index (κ3) is 17.7. The lowest BCUT2D eigenvalue weighted by Gasteiger charge is -2.34. The smallest absolute Gasteiger partial charge is 0.181 e. The largest absolute Gasteiger partial charge is 0.443 e. The third-order valence-corrected chi connectivity index (χ3v) is 17.4. The van der Waals surface area contributed by atoms with Crippen LogP contribution in [0.15, 0.2) is 176 Å². The van der Waals surface area contributed by atoms with Crippen molar-refractivity contribution in [3.8, 4) is 22.8 Å². The highest BCUT2D eigenvalue weighted by Crippen LogP contribution is 2.36. The highest BCUT2D eigenvalue weighted by atomic mass is 32.1. The van der Waals surface area contributed by atoms with Gasteiger partial charge < -0.3 is 24.1 Å². The van der Waals surface area contributed by atoms with E-state index in [-0.39, 0.29) is 5.54 Å². The van der Waals surface area contributed by atoms with Gasteiger partial charge in [-0.25, -0.2) is 9.98 Å². The zero-order valence-electron chi connectivity index (χ0n) is 54.3. The van der Waals surface area contributed by atoms with Gasteiger partial charge in [0.05, 0.1) is 40.1 Å². The molecule has 8 aromatic rings. The molecule has 0 atom stereocenters. The molecule has 4 aliphatic rings. The van der Waals surface area contributed by atoms with Crippen molar-refractivity contribution in [2.75, 3.05) is 36.1 Å². The van der Waals surface area contributed by atoms with Crippen LogP contribution in [-0.2, 0) is 13.0 Å². The minimum Gasteiger partial charge on any atom is -0.443 e. The van der Waals surface area contributed by atoms with Crippen molar-refractivity contribution < 1.29 is 4.42 Å². The number of rotatable bonds is 10. The van der Waals surface area contributed by atoms with Crippen LogP contribution in [0.1, 0.15) is 183 Å². The molecule has 0 radical (unpaired) electrons. The quantitative estimate of drug-likeness (QED) is 0.132. The van der Waals surface area contributed by atoms with Crippen molar-refractivity contribution in [1.82, 2.24) is 19.9 Å². The first-order chi connectivity index (χ1) is 42.1. The van der Waals surface area contributed by atoms with Crippen LogP contribution in [0.5, 0.6) is 0 Å². The summed E-state index contributed by atoms with van der Waals surface area (Å²) in [6, 6.07) is 43.8. The van der Waals surface area contributed by atoms with Gasteiger partial charge in [-0.1, -0.05) is 106 Å². The standard InChI is InChI=1S/C14H16N2.2C13H16N2.C12H16N2S.C11H13N3.C10H11NOS/c1-4-16-13-6-5-11(9-15)7-12(13)8-14(16)10(2)3;1-9(2)12-8-13(15-10(12)3)11-4-6-14-7-5-11;1-13(2,3)15-8-7-11-10(9-14)5-4-6-12(11)15;1-9(2)10-3-5-11(6-4-10)14-8-7-13-12(14)15;1-8(2)9-4-3-5-10(6-9)11-12-7-13-14-11;1-7(2)9-3-4-10(13-9)8-5-11-6-12-8/h5-8,10H,4H2,1-3H3;4-7,9H,8H2,1-3H3;4-6H,7-8H2,1-3H3;3-6,9H,7-8H2,1-2H3,(H,13,15);3-6,8H,7H2,1-2H3;3-7H,1-2H3. The Bertz CT molecular complexity index is 3800. The fraction of sp³-hybridized carbons (Fsp3) is 0.384. The summed E-state index contributed by atoms with van der Waals surface area (Å²) in [4.78, 5) is 23.8. The monoisotopic (exact) mass is 1210 g/mol. The highest BCUT2D eigenvalue weighted by molar-refractivity contribution is 7.80. The summed E-state index contributed by atoms with van der Waals surface area (Å²) in [5, 5.41) is 30.9. The van der Waals surface area contributed by atoms with Gasteiger partial charge in [-0.2, -0.15) is 15.6 Å². The van der Waals surface area contributed by atoms with Gasteiger partial charge in [-0.3, -0.25) is 9.98 Å². The lowest BCUT2D eigenvalue weighted by molar-refractivity contribution is 0.518. The Kier molecular flexibility index (Phi) is 24.0. The number of thiocarbonyl (C=S) groups is 1. The number of benzene rings is 4. The van der Waals surface area contributed by atoms with E-state index < -0.39 is 0 Å². The van der Waals surface area contributed by atoms with Crippen molar-refractivity contribution in [3.05, 3.63) is 201 Å². The second-order valence-corrected chi connectivity index (χ2v) is 26.1. The minimum absolute atomic E-state index is 0.138. The number of oxazole rings is 1. The summed E-state index contributed by atoms with van der Waals surface area (Å²) in [5.41, 5.74) is 16.7. The molecule has 1 N–H and O–H groups in total. The third-order valence-electron chi connectivity index (χ3n) is 15.6. The van der Waals surface area contributed by atoms with Gasteiger partial charge >= 0.3 is 0 Å². The first kappa shape index (κ1) is 67.1. The molecule has 458 valence electrons. The number of anilines is 2. The lowest BCUT2D eigenvalue weighted by atomic mass is 9.96. The number of hydrogen-bond donors (Lipinski definition) is 1. The Labute approximate surface area is 532 Å². The molecule has 4 aromatic carbocycles. The summed E-state index contributed by atoms with van der Waals surface area (Å²) in [7, 11) is 0. The van der Waals surface area contributed by atoms with Crippen molar-refractivity contribution in [2.45, 2.75) is 152 Å². The summed E-state index contributed by atoms with van der Waals surface area (Å²) in [5.74, 6) is 4.42. The maximum absolute atomic E-state index is 9.02. The maximum Gasteiger partial charge on any atom is 0.181 e. The zero-order chi connectivity index (χ0) is 63.7. The highest BCUT2D eigenvalue weighted by Gasteiger charge is 2.29. The Hall–Kier alpha value is -8.37. The van der Waals surface area contributed by atoms with Crippen LogP contribution < -0.4 is 15.1 Å². The van der Waals surface area contributed by atoms with Gasteiger partial charge in [0.15, 0.2) is 29.8 Å². The average Bonchev–Trinajstić information content (AvgIpc) is 2.32. The van der Waals surface area contributed by atoms with Crippen LogP contribution in [-0.4, -0.2) is 63.0 Å². The van der Waals surface area contributed by atoms with Crippen LogP contribution in [0.4, 0.5) is 11.4 Å². The number of pyridine rings is 1. The number of thiophene rings is 1. The van der Waals surface area contributed by atoms with Crippen LogP contribution in [0.25, 0.3) is 21.5 Å². The van der Waals surface area contributed by atoms with Crippen molar-refractivity contribution in [1.29, 1.82) is 10.5 Å². The van der Waals surface area contributed by atoms with E-state index in [0.717, 1.165) is 77.3 Å². The van der Waals surface area contributed by atoms with E-state index in [0.29, 0.717) is 36.3 Å². The van der Waals surface area contributed by atoms with E-state index >= 15 is 0 Å². The number of aliphatic imine (C=N–C) groups is 2. The van der Waals surface area contributed by atoms with Crippen LogP contribution in [0.2, 0.25) is 0 Å².